The van der Waals surface area contributed by atoms with Crippen LogP contribution in [0.3, 0.4) is 0 Å². The van der Waals surface area contributed by atoms with E-state index in [1.807, 2.05) is 12.3 Å². The number of hydrogen-bond acceptors (Lipinski definition) is 4. The predicted molar refractivity (Wildman–Crippen MR) is 64.9 cm³/mol. The normalized spacial score (nSPS) is 14.5. The summed E-state index contributed by atoms with van der Waals surface area (Å²) in [5.74, 6) is 6.85. The highest BCUT2D eigenvalue weighted by atomic mass is 16.5. The fraction of sp³-hybridized carbons (Fsp3) is 0.583. The van der Waals surface area contributed by atoms with Crippen molar-refractivity contribution < 1.29 is 4.74 Å². The Balaban J connectivity index is 2.85. The van der Waals surface area contributed by atoms with Gasteiger partial charge in [-0.3, -0.25) is 16.3 Å². The molecule has 2 atom stereocenters. The minimum absolute atomic E-state index is 0.127. The molecule has 1 aromatic heterocycles. The van der Waals surface area contributed by atoms with Crippen molar-refractivity contribution >= 4 is 0 Å². The van der Waals surface area contributed by atoms with Gasteiger partial charge < -0.3 is 4.74 Å². The van der Waals surface area contributed by atoms with Crippen LogP contribution in [0.15, 0.2) is 18.5 Å². The van der Waals surface area contributed by atoms with Crippen LogP contribution in [-0.2, 0) is 0 Å². The number of nitrogens with two attached hydrogens (primary N) is 1. The summed E-state index contributed by atoms with van der Waals surface area (Å²) in [4.78, 5) is 4.15. The molecule has 0 radical (unpaired) electrons. The van der Waals surface area contributed by atoms with E-state index >= 15 is 0 Å². The molecule has 0 aromatic carbocycles. The highest BCUT2D eigenvalue weighted by Gasteiger charge is 2.17. The first-order valence-corrected chi connectivity index (χ1v) is 5.68. The number of hydrogen-bond donors (Lipinski definition) is 2. The number of hydrazine groups is 1. The molecule has 0 saturated heterocycles. The van der Waals surface area contributed by atoms with E-state index in [0.29, 0.717) is 5.92 Å². The lowest BCUT2D eigenvalue weighted by Crippen LogP contribution is -2.32. The van der Waals surface area contributed by atoms with Gasteiger partial charge in [-0.05, 0) is 24.0 Å². The Kier molecular flexibility index (Phi) is 5.22. The van der Waals surface area contributed by atoms with Crippen molar-refractivity contribution in [2.75, 3.05) is 7.11 Å². The molecule has 1 heterocycles. The third-order valence-electron chi connectivity index (χ3n) is 2.82. The Morgan fingerprint density at radius 1 is 1.50 bits per heavy atom. The lowest BCUT2D eigenvalue weighted by molar-refractivity contribution is 0.363. The second kappa shape index (κ2) is 6.45. The summed E-state index contributed by atoms with van der Waals surface area (Å²) in [6.07, 6.45) is 5.81. The third-order valence-corrected chi connectivity index (χ3v) is 2.82. The lowest BCUT2D eigenvalue weighted by Gasteiger charge is -2.23. The van der Waals surface area contributed by atoms with Crippen molar-refractivity contribution in [1.29, 1.82) is 0 Å². The van der Waals surface area contributed by atoms with Crippen LogP contribution in [0, 0.1) is 5.92 Å². The van der Waals surface area contributed by atoms with E-state index in [2.05, 4.69) is 24.3 Å². The molecule has 4 heteroatoms. The first-order valence-electron chi connectivity index (χ1n) is 5.68. The molecule has 4 nitrogen and oxygen atoms in total. The summed E-state index contributed by atoms with van der Waals surface area (Å²) in [5, 5.41) is 0. The first kappa shape index (κ1) is 12.9. The fourth-order valence-electron chi connectivity index (χ4n) is 1.93. The summed E-state index contributed by atoms with van der Waals surface area (Å²) in [6.45, 7) is 4.36. The van der Waals surface area contributed by atoms with Gasteiger partial charge in [0.1, 0.15) is 5.75 Å². The molecule has 0 aliphatic heterocycles. The Labute approximate surface area is 97.2 Å². The van der Waals surface area contributed by atoms with Crippen LogP contribution >= 0.6 is 0 Å². The van der Waals surface area contributed by atoms with E-state index in [-0.39, 0.29) is 6.04 Å². The molecule has 90 valence electrons. The summed E-state index contributed by atoms with van der Waals surface area (Å²) in [7, 11) is 1.64. The van der Waals surface area contributed by atoms with E-state index < -0.39 is 0 Å². The van der Waals surface area contributed by atoms with Crippen LogP contribution in [0.25, 0.3) is 0 Å². The largest absolute Gasteiger partial charge is 0.495 e. The molecule has 0 fully saturated rings. The van der Waals surface area contributed by atoms with Crippen molar-refractivity contribution in [3.05, 3.63) is 24.0 Å². The molecule has 0 aliphatic rings. The molecule has 1 aromatic rings. The van der Waals surface area contributed by atoms with Gasteiger partial charge in [0.2, 0.25) is 0 Å². The fourth-order valence-corrected chi connectivity index (χ4v) is 1.93. The minimum atomic E-state index is 0.127. The monoisotopic (exact) mass is 223 g/mol. The zero-order valence-electron chi connectivity index (χ0n) is 10.2. The molecule has 16 heavy (non-hydrogen) atoms. The topological polar surface area (TPSA) is 60.2 Å². The quantitative estimate of drug-likeness (QED) is 0.572. The smallest absolute Gasteiger partial charge is 0.137 e. The Morgan fingerprint density at radius 3 is 2.81 bits per heavy atom. The van der Waals surface area contributed by atoms with E-state index in [4.69, 9.17) is 10.6 Å². The average Bonchev–Trinajstić information content (AvgIpc) is 2.31. The number of nitrogens with zero attached hydrogens (tertiary/aromatic N) is 1. The molecule has 0 amide bonds. The standard InChI is InChI=1S/C12H21N3O/c1-4-5-9(2)12(15-13)10-6-11(16-3)8-14-7-10/h6-9,12,15H,4-5,13H2,1-3H3. The highest BCUT2D eigenvalue weighted by Crippen LogP contribution is 2.26. The number of ether oxygens (including phenoxy) is 1. The Bertz CT molecular complexity index is 317. The van der Waals surface area contributed by atoms with E-state index in [1.165, 1.54) is 0 Å². The second-order valence-electron chi connectivity index (χ2n) is 4.07. The predicted octanol–water partition coefficient (Wildman–Crippen LogP) is 2.03. The van der Waals surface area contributed by atoms with E-state index in [1.54, 1.807) is 13.3 Å². The van der Waals surface area contributed by atoms with Gasteiger partial charge in [-0.15, -0.1) is 0 Å². The molecule has 0 saturated carbocycles. The van der Waals surface area contributed by atoms with Gasteiger partial charge >= 0.3 is 0 Å². The van der Waals surface area contributed by atoms with Gasteiger partial charge in [0.05, 0.1) is 19.3 Å². The zero-order chi connectivity index (χ0) is 12.0. The maximum absolute atomic E-state index is 5.61. The summed E-state index contributed by atoms with van der Waals surface area (Å²) >= 11 is 0. The summed E-state index contributed by atoms with van der Waals surface area (Å²) in [6, 6.07) is 2.10. The van der Waals surface area contributed by atoms with Gasteiger partial charge in [-0.2, -0.15) is 0 Å². The van der Waals surface area contributed by atoms with Gasteiger partial charge in [0.25, 0.3) is 0 Å². The molecule has 2 unspecified atom stereocenters. The van der Waals surface area contributed by atoms with Gasteiger partial charge in [-0.25, -0.2) is 0 Å². The molecule has 3 N–H and O–H groups in total. The van der Waals surface area contributed by atoms with Gasteiger partial charge in [-0.1, -0.05) is 20.3 Å². The third kappa shape index (κ3) is 3.18. The molecule has 1 rings (SSSR count). The van der Waals surface area contributed by atoms with Crippen LogP contribution in [0.5, 0.6) is 5.75 Å². The highest BCUT2D eigenvalue weighted by molar-refractivity contribution is 5.26. The zero-order valence-corrected chi connectivity index (χ0v) is 10.2. The summed E-state index contributed by atoms with van der Waals surface area (Å²) in [5.41, 5.74) is 3.93. The molecular weight excluding hydrogens is 202 g/mol. The van der Waals surface area contributed by atoms with Crippen molar-refractivity contribution in [3.63, 3.8) is 0 Å². The molecule has 0 aliphatic carbocycles. The van der Waals surface area contributed by atoms with Crippen LogP contribution < -0.4 is 16.0 Å². The van der Waals surface area contributed by atoms with Crippen LogP contribution in [0.1, 0.15) is 38.3 Å². The van der Waals surface area contributed by atoms with Crippen molar-refractivity contribution in [2.24, 2.45) is 11.8 Å². The maximum Gasteiger partial charge on any atom is 0.137 e. The van der Waals surface area contributed by atoms with Crippen LogP contribution in [0.4, 0.5) is 0 Å². The second-order valence-corrected chi connectivity index (χ2v) is 4.07. The van der Waals surface area contributed by atoms with Crippen molar-refractivity contribution in [3.8, 4) is 5.75 Å². The minimum Gasteiger partial charge on any atom is -0.495 e. The number of rotatable bonds is 6. The summed E-state index contributed by atoms with van der Waals surface area (Å²) < 4.78 is 5.16. The molecular formula is C12H21N3O. The molecule has 0 bridgehead atoms. The lowest BCUT2D eigenvalue weighted by atomic mass is 9.92. The maximum atomic E-state index is 5.61. The Morgan fingerprint density at radius 2 is 2.25 bits per heavy atom. The number of pyridine rings is 1. The first-order chi connectivity index (χ1) is 7.72. The van der Waals surface area contributed by atoms with Crippen molar-refractivity contribution in [2.45, 2.75) is 32.7 Å². The van der Waals surface area contributed by atoms with Crippen molar-refractivity contribution in [1.82, 2.24) is 10.4 Å². The number of nitrogens with one attached hydrogen (secondary N) is 1. The van der Waals surface area contributed by atoms with Crippen LogP contribution in [0.2, 0.25) is 0 Å². The van der Waals surface area contributed by atoms with Crippen LogP contribution in [-0.4, -0.2) is 12.1 Å². The molecule has 0 spiro atoms. The van der Waals surface area contributed by atoms with Gasteiger partial charge in [0.15, 0.2) is 0 Å². The van der Waals surface area contributed by atoms with E-state index in [9.17, 15) is 0 Å². The average molecular weight is 223 g/mol. The van der Waals surface area contributed by atoms with Gasteiger partial charge in [0, 0.05) is 6.20 Å². The number of aromatic nitrogens is 1. The van der Waals surface area contributed by atoms with E-state index in [0.717, 1.165) is 24.2 Å². The SMILES string of the molecule is CCCC(C)C(NN)c1cncc(OC)c1. The number of methoxy groups -OCH3 is 1. The Hall–Kier alpha value is -1.13.